The van der Waals surface area contributed by atoms with Crippen LogP contribution in [0, 0.1) is 5.41 Å². The third-order valence-electron chi connectivity index (χ3n) is 2.58. The zero-order valence-corrected chi connectivity index (χ0v) is 13.8. The van der Waals surface area contributed by atoms with Gasteiger partial charge in [0, 0.05) is 17.5 Å². The van der Waals surface area contributed by atoms with E-state index in [9.17, 15) is 9.90 Å². The van der Waals surface area contributed by atoms with Gasteiger partial charge in [-0.2, -0.15) is 0 Å². The van der Waals surface area contributed by atoms with E-state index in [0.29, 0.717) is 13.0 Å². The summed E-state index contributed by atoms with van der Waals surface area (Å²) < 4.78 is 1.05. The summed E-state index contributed by atoms with van der Waals surface area (Å²) in [6.45, 7) is 6.37. The van der Waals surface area contributed by atoms with Crippen molar-refractivity contribution >= 4 is 39.2 Å². The zero-order chi connectivity index (χ0) is 14.5. The second kappa shape index (κ2) is 7.22. The van der Waals surface area contributed by atoms with Crippen molar-refractivity contribution < 1.29 is 9.90 Å². The Morgan fingerprint density at radius 3 is 2.79 bits per heavy atom. The molecule has 1 rings (SSSR count). The first-order valence-corrected chi connectivity index (χ1v) is 7.79. The first-order chi connectivity index (χ1) is 8.78. The van der Waals surface area contributed by atoms with Crippen LogP contribution >= 0.6 is 27.3 Å². The number of halogens is 1. The van der Waals surface area contributed by atoms with E-state index in [1.807, 2.05) is 26.0 Å². The Labute approximate surface area is 126 Å². The van der Waals surface area contributed by atoms with Crippen LogP contribution in [0.1, 0.15) is 32.1 Å². The van der Waals surface area contributed by atoms with Crippen LogP contribution in [0.4, 0.5) is 0 Å². The van der Waals surface area contributed by atoms with Crippen LogP contribution in [-0.4, -0.2) is 23.7 Å². The fourth-order valence-electron chi connectivity index (χ4n) is 1.83. The van der Waals surface area contributed by atoms with Crippen LogP contribution in [0.2, 0.25) is 0 Å². The van der Waals surface area contributed by atoms with Gasteiger partial charge in [0.25, 0.3) is 0 Å². The van der Waals surface area contributed by atoms with E-state index < -0.39 is 0 Å². The van der Waals surface area contributed by atoms with E-state index >= 15 is 0 Å². The highest BCUT2D eigenvalue weighted by molar-refractivity contribution is 9.11. The maximum atomic E-state index is 11.7. The second-order valence-corrected chi connectivity index (χ2v) is 7.90. The minimum atomic E-state index is -0.356. The molecule has 0 radical (unpaired) electrons. The van der Waals surface area contributed by atoms with Crippen molar-refractivity contribution in [3.8, 4) is 0 Å². The number of aliphatic hydroxyl groups is 1. The van der Waals surface area contributed by atoms with Gasteiger partial charge in [-0.3, -0.25) is 4.79 Å². The normalized spacial score (nSPS) is 13.7. The number of hydrogen-bond acceptors (Lipinski definition) is 3. The van der Waals surface area contributed by atoms with Gasteiger partial charge < -0.3 is 10.4 Å². The molecule has 1 amide bonds. The van der Waals surface area contributed by atoms with E-state index in [1.165, 1.54) is 6.08 Å². The predicted octanol–water partition coefficient (Wildman–Crippen LogP) is 3.44. The van der Waals surface area contributed by atoms with E-state index in [4.69, 9.17) is 0 Å². The first-order valence-electron chi connectivity index (χ1n) is 6.18. The van der Waals surface area contributed by atoms with Gasteiger partial charge in [-0.1, -0.05) is 13.8 Å². The van der Waals surface area contributed by atoms with E-state index in [1.54, 1.807) is 24.3 Å². The third kappa shape index (κ3) is 6.89. The molecule has 1 aromatic heterocycles. The second-order valence-electron chi connectivity index (χ2n) is 5.41. The Bertz CT molecular complexity index is 452. The zero-order valence-electron chi connectivity index (χ0n) is 11.4. The fourth-order valence-corrected chi connectivity index (χ4v) is 3.16. The Kier molecular flexibility index (Phi) is 6.23. The molecular weight excluding hydrogens is 326 g/mol. The molecule has 0 saturated carbocycles. The number of nitrogens with one attached hydrogen (secondary N) is 1. The average molecular weight is 346 g/mol. The number of hydrogen-bond donors (Lipinski definition) is 2. The summed E-state index contributed by atoms with van der Waals surface area (Å²) in [4.78, 5) is 12.7. The minimum Gasteiger partial charge on any atom is -0.393 e. The molecule has 0 fully saturated rings. The van der Waals surface area contributed by atoms with Crippen molar-refractivity contribution in [3.63, 3.8) is 0 Å². The molecule has 0 spiro atoms. The highest BCUT2D eigenvalue weighted by atomic mass is 79.9. The molecule has 0 saturated heterocycles. The van der Waals surface area contributed by atoms with Crippen molar-refractivity contribution in [2.45, 2.75) is 33.3 Å². The van der Waals surface area contributed by atoms with Crippen molar-refractivity contribution in [1.29, 1.82) is 0 Å². The predicted molar refractivity (Wildman–Crippen MR) is 84.1 cm³/mol. The molecule has 0 aromatic carbocycles. The maximum absolute atomic E-state index is 11.7. The van der Waals surface area contributed by atoms with Gasteiger partial charge in [-0.15, -0.1) is 11.3 Å². The quantitative estimate of drug-likeness (QED) is 0.776. The molecule has 0 bridgehead atoms. The molecule has 1 aromatic rings. The van der Waals surface area contributed by atoms with Gasteiger partial charge in [0.05, 0.1) is 9.89 Å². The lowest BCUT2D eigenvalue weighted by Crippen LogP contribution is -2.34. The fraction of sp³-hybridized carbons (Fsp3) is 0.500. The number of carbonyl (C=O) groups is 1. The molecule has 2 N–H and O–H groups in total. The molecule has 1 atom stereocenters. The summed E-state index contributed by atoms with van der Waals surface area (Å²) in [7, 11) is 0. The van der Waals surface area contributed by atoms with Crippen molar-refractivity contribution in [3.05, 3.63) is 26.9 Å². The molecule has 1 heterocycles. The van der Waals surface area contributed by atoms with Crippen molar-refractivity contribution in [2.24, 2.45) is 5.41 Å². The van der Waals surface area contributed by atoms with Gasteiger partial charge >= 0.3 is 0 Å². The number of rotatable bonds is 6. The van der Waals surface area contributed by atoms with Crippen LogP contribution in [0.3, 0.4) is 0 Å². The highest BCUT2D eigenvalue weighted by Crippen LogP contribution is 2.23. The lowest BCUT2D eigenvalue weighted by Gasteiger charge is -2.26. The van der Waals surface area contributed by atoms with Gasteiger partial charge in [-0.25, -0.2) is 0 Å². The topological polar surface area (TPSA) is 49.3 Å². The smallest absolute Gasteiger partial charge is 0.244 e. The number of carbonyl (C=O) groups excluding carboxylic acids is 1. The summed E-state index contributed by atoms with van der Waals surface area (Å²) in [5, 5.41) is 12.2. The lowest BCUT2D eigenvalue weighted by molar-refractivity contribution is -0.117. The molecule has 19 heavy (non-hydrogen) atoms. The average Bonchev–Trinajstić information content (AvgIpc) is 2.68. The Morgan fingerprint density at radius 2 is 2.26 bits per heavy atom. The Morgan fingerprint density at radius 1 is 1.58 bits per heavy atom. The summed E-state index contributed by atoms with van der Waals surface area (Å²) in [5.74, 6) is -0.108. The van der Waals surface area contributed by atoms with Crippen LogP contribution in [0.5, 0.6) is 0 Å². The minimum absolute atomic E-state index is 0.108. The standard InChI is InChI=1S/C14H20BrNO2S/c1-10(17)8-14(2,3)9-16-13(18)7-5-11-4-6-12(15)19-11/h4-7,10,17H,8-9H2,1-3H3,(H,16,18). The van der Waals surface area contributed by atoms with Gasteiger partial charge in [0.1, 0.15) is 0 Å². The van der Waals surface area contributed by atoms with Crippen molar-refractivity contribution in [1.82, 2.24) is 5.32 Å². The van der Waals surface area contributed by atoms with Crippen LogP contribution in [0.25, 0.3) is 6.08 Å². The van der Waals surface area contributed by atoms with E-state index in [0.717, 1.165) is 8.66 Å². The van der Waals surface area contributed by atoms with E-state index in [2.05, 4.69) is 21.2 Å². The molecule has 0 aliphatic carbocycles. The number of aliphatic hydroxyl groups excluding tert-OH is 1. The molecular formula is C14H20BrNO2S. The van der Waals surface area contributed by atoms with Crippen LogP contribution in [0.15, 0.2) is 22.0 Å². The SMILES string of the molecule is CC(O)CC(C)(C)CNC(=O)C=Cc1ccc(Br)s1. The monoisotopic (exact) mass is 345 g/mol. The molecule has 3 nitrogen and oxygen atoms in total. The summed E-state index contributed by atoms with van der Waals surface area (Å²) >= 11 is 4.96. The Hall–Kier alpha value is -0.650. The molecule has 106 valence electrons. The molecule has 0 aliphatic rings. The van der Waals surface area contributed by atoms with Gasteiger partial charge in [0.15, 0.2) is 0 Å². The molecule has 0 aliphatic heterocycles. The molecule has 5 heteroatoms. The van der Waals surface area contributed by atoms with Crippen LogP contribution < -0.4 is 5.32 Å². The largest absolute Gasteiger partial charge is 0.393 e. The third-order valence-corrected chi connectivity index (χ3v) is 4.17. The summed E-state index contributed by atoms with van der Waals surface area (Å²) in [6.07, 6.45) is 3.64. The number of thiophene rings is 1. The highest BCUT2D eigenvalue weighted by Gasteiger charge is 2.20. The van der Waals surface area contributed by atoms with E-state index in [-0.39, 0.29) is 17.4 Å². The van der Waals surface area contributed by atoms with Crippen LogP contribution in [-0.2, 0) is 4.79 Å². The Balaban J connectivity index is 2.41. The summed E-state index contributed by atoms with van der Waals surface area (Å²) in [5.41, 5.74) is -0.108. The molecule has 1 unspecified atom stereocenters. The summed E-state index contributed by atoms with van der Waals surface area (Å²) in [6, 6.07) is 3.91. The first kappa shape index (κ1) is 16.4. The van der Waals surface area contributed by atoms with Crippen molar-refractivity contribution in [2.75, 3.05) is 6.54 Å². The number of amides is 1. The van der Waals surface area contributed by atoms with Gasteiger partial charge in [0.2, 0.25) is 5.91 Å². The lowest BCUT2D eigenvalue weighted by atomic mass is 9.87. The maximum Gasteiger partial charge on any atom is 0.244 e. The van der Waals surface area contributed by atoms with Gasteiger partial charge in [-0.05, 0) is 52.9 Å².